The molecule has 1 aromatic heterocycles. The van der Waals surface area contributed by atoms with E-state index in [0.29, 0.717) is 12.2 Å². The molecule has 0 saturated heterocycles. The van der Waals surface area contributed by atoms with Crippen molar-refractivity contribution in [2.75, 3.05) is 13.1 Å². The van der Waals surface area contributed by atoms with Crippen LogP contribution >= 0.6 is 11.3 Å². The third kappa shape index (κ3) is 8.83. The highest BCUT2D eigenvalue weighted by atomic mass is 32.1. The summed E-state index contributed by atoms with van der Waals surface area (Å²) in [4.78, 5) is 32.2. The number of halogens is 1. The van der Waals surface area contributed by atoms with Gasteiger partial charge < -0.3 is 20.1 Å². The molecule has 0 saturated carbocycles. The van der Waals surface area contributed by atoms with E-state index in [2.05, 4.69) is 17.4 Å². The minimum atomic E-state index is -1.26. The highest BCUT2D eigenvalue weighted by molar-refractivity contribution is 7.09. The van der Waals surface area contributed by atoms with E-state index in [9.17, 15) is 18.8 Å². The van der Waals surface area contributed by atoms with E-state index >= 15 is 0 Å². The van der Waals surface area contributed by atoms with Gasteiger partial charge in [-0.25, -0.2) is 14.0 Å². The number of nitrogens with zero attached hydrogens (tertiary/aromatic N) is 1. The number of benzene rings is 2. The summed E-state index contributed by atoms with van der Waals surface area (Å²) in [5, 5.41) is 19.1. The van der Waals surface area contributed by atoms with Crippen LogP contribution in [0.15, 0.2) is 71.5 Å². The molecule has 3 aromatic rings. The summed E-state index contributed by atoms with van der Waals surface area (Å²) < 4.78 is 14.8. The van der Waals surface area contributed by atoms with Gasteiger partial charge in [0.05, 0.1) is 5.69 Å². The number of hydrogen-bond donors (Lipinski definition) is 3. The van der Waals surface area contributed by atoms with Gasteiger partial charge in [-0.3, -0.25) is 4.79 Å². The molecule has 0 fully saturated rings. The molecule has 3 rings (SSSR count). The van der Waals surface area contributed by atoms with Gasteiger partial charge in [-0.05, 0) is 54.8 Å². The summed E-state index contributed by atoms with van der Waals surface area (Å²) >= 11 is 1.27. The maximum atomic E-state index is 13.2. The van der Waals surface area contributed by atoms with Crippen LogP contribution in [-0.2, 0) is 29.5 Å². The zero-order valence-corrected chi connectivity index (χ0v) is 18.8. The quantitative estimate of drug-likeness (QED) is 0.326. The molecule has 1 heterocycles. The average molecular weight is 473 g/mol. The Hall–Kier alpha value is -3.56. The molecule has 0 atom stereocenters. The number of carboxylic acid groups (broad SMARTS) is 2. The minimum absolute atomic E-state index is 0.0126. The van der Waals surface area contributed by atoms with Gasteiger partial charge in [-0.15, -0.1) is 0 Å². The van der Waals surface area contributed by atoms with Gasteiger partial charge in [-0.2, -0.15) is 0 Å². The molecule has 2 aromatic carbocycles. The lowest BCUT2D eigenvalue weighted by molar-refractivity contribution is -0.134. The molecule has 0 bridgehead atoms. The van der Waals surface area contributed by atoms with Gasteiger partial charge in [0.2, 0.25) is 0 Å². The van der Waals surface area contributed by atoms with Gasteiger partial charge in [0, 0.05) is 30.6 Å². The first kappa shape index (κ1) is 25.7. The number of carbonyl (C=O) groups is 2. The van der Waals surface area contributed by atoms with Crippen LogP contribution in [0.5, 0.6) is 0 Å². The molecule has 0 radical (unpaired) electrons. The maximum Gasteiger partial charge on any atom is 0.328 e. The summed E-state index contributed by atoms with van der Waals surface area (Å²) in [5.74, 6) is -2.78. The van der Waals surface area contributed by atoms with Crippen molar-refractivity contribution in [1.29, 1.82) is 0 Å². The standard InChI is InChI=1S/C20H21FN2OS.C4H4O4/c1-23-19(16-7-9-17(21)10-8-16)18(25-20(23)24)12-14-22-13-11-15-5-3-2-4-6-15;5-3(6)1-2-4(7)8/h2-10,22H,11-14H2,1H3;1-2H,(H,5,6)(H,7,8)/b;2-1-. The van der Waals surface area contributed by atoms with Crippen molar-refractivity contribution >= 4 is 23.3 Å². The highest BCUT2D eigenvalue weighted by Crippen LogP contribution is 2.25. The Morgan fingerprint density at radius 2 is 1.55 bits per heavy atom. The number of hydrogen-bond acceptors (Lipinski definition) is 5. The van der Waals surface area contributed by atoms with E-state index in [-0.39, 0.29) is 10.7 Å². The third-order valence-corrected chi connectivity index (χ3v) is 5.62. The largest absolute Gasteiger partial charge is 0.478 e. The zero-order chi connectivity index (χ0) is 24.2. The highest BCUT2D eigenvalue weighted by Gasteiger charge is 2.14. The normalized spacial score (nSPS) is 10.6. The van der Waals surface area contributed by atoms with Crippen molar-refractivity contribution < 1.29 is 24.2 Å². The number of aromatic nitrogens is 1. The number of rotatable bonds is 9. The molecule has 0 aliphatic carbocycles. The van der Waals surface area contributed by atoms with Gasteiger partial charge in [0.1, 0.15) is 5.82 Å². The second kappa shape index (κ2) is 13.1. The Labute approximate surface area is 194 Å². The van der Waals surface area contributed by atoms with Crippen LogP contribution in [0.1, 0.15) is 10.4 Å². The molecular weight excluding hydrogens is 447 g/mol. The SMILES string of the molecule is Cn1c(-c2ccc(F)cc2)c(CCNCCc2ccccc2)sc1=O.O=C(O)/C=C\C(=O)O. The first-order chi connectivity index (χ1) is 15.8. The molecule has 9 heteroatoms. The van der Waals surface area contributed by atoms with Crippen LogP contribution < -0.4 is 10.2 Å². The molecule has 3 N–H and O–H groups in total. The first-order valence-corrected chi connectivity index (χ1v) is 10.9. The Bertz CT molecular complexity index is 1120. The third-order valence-electron chi connectivity index (χ3n) is 4.53. The molecular formula is C24H25FN2O5S. The molecule has 0 aliphatic heterocycles. The molecule has 7 nitrogen and oxygen atoms in total. The second-order valence-corrected chi connectivity index (χ2v) is 8.00. The van der Waals surface area contributed by atoms with Crippen molar-refractivity contribution in [2.24, 2.45) is 7.05 Å². The van der Waals surface area contributed by atoms with E-state index in [1.807, 2.05) is 18.2 Å². The van der Waals surface area contributed by atoms with Crippen molar-refractivity contribution in [3.63, 3.8) is 0 Å². The fourth-order valence-corrected chi connectivity index (χ4v) is 3.97. The van der Waals surface area contributed by atoms with E-state index in [0.717, 1.165) is 42.1 Å². The van der Waals surface area contributed by atoms with Gasteiger partial charge in [-0.1, -0.05) is 41.7 Å². The number of thiazole rings is 1. The Morgan fingerprint density at radius 1 is 0.970 bits per heavy atom. The number of aliphatic carboxylic acids is 2. The van der Waals surface area contributed by atoms with Gasteiger partial charge in [0.25, 0.3) is 0 Å². The number of carboxylic acids is 2. The smallest absolute Gasteiger partial charge is 0.328 e. The number of nitrogens with one attached hydrogen (secondary N) is 1. The average Bonchev–Trinajstić information content (AvgIpc) is 3.07. The summed E-state index contributed by atoms with van der Waals surface area (Å²) in [7, 11) is 1.77. The van der Waals surface area contributed by atoms with Gasteiger partial charge >= 0.3 is 16.8 Å². The van der Waals surface area contributed by atoms with Crippen molar-refractivity contribution in [1.82, 2.24) is 9.88 Å². The van der Waals surface area contributed by atoms with Crippen LogP contribution in [0, 0.1) is 5.82 Å². The van der Waals surface area contributed by atoms with Crippen molar-refractivity contribution in [3.8, 4) is 11.3 Å². The lowest BCUT2D eigenvalue weighted by Gasteiger charge is -2.08. The molecule has 0 unspecified atom stereocenters. The summed E-state index contributed by atoms with van der Waals surface area (Å²) in [6.07, 6.45) is 2.88. The Morgan fingerprint density at radius 3 is 2.12 bits per heavy atom. The Balaban J connectivity index is 0.000000414. The summed E-state index contributed by atoms with van der Waals surface area (Å²) in [6.45, 7) is 1.71. The summed E-state index contributed by atoms with van der Waals surface area (Å²) in [6, 6.07) is 16.7. The van der Waals surface area contributed by atoms with Crippen molar-refractivity contribution in [3.05, 3.63) is 92.7 Å². The van der Waals surface area contributed by atoms with E-state index in [1.165, 1.54) is 29.0 Å². The van der Waals surface area contributed by atoms with E-state index in [1.54, 1.807) is 23.7 Å². The monoisotopic (exact) mass is 472 g/mol. The van der Waals surface area contributed by atoms with Crippen LogP contribution in [0.4, 0.5) is 4.39 Å². The Kier molecular flexibility index (Phi) is 10.2. The van der Waals surface area contributed by atoms with E-state index in [4.69, 9.17) is 10.2 Å². The molecule has 0 amide bonds. The molecule has 0 spiro atoms. The topological polar surface area (TPSA) is 109 Å². The van der Waals surface area contributed by atoms with Crippen LogP contribution in [0.3, 0.4) is 0 Å². The fourth-order valence-electron chi connectivity index (χ4n) is 2.98. The maximum absolute atomic E-state index is 13.2. The zero-order valence-electron chi connectivity index (χ0n) is 18.0. The van der Waals surface area contributed by atoms with Crippen LogP contribution in [0.2, 0.25) is 0 Å². The van der Waals surface area contributed by atoms with Crippen LogP contribution in [-0.4, -0.2) is 39.8 Å². The second-order valence-electron chi connectivity index (χ2n) is 6.95. The fraction of sp³-hybridized carbons (Fsp3) is 0.208. The van der Waals surface area contributed by atoms with Gasteiger partial charge in [0.15, 0.2) is 0 Å². The van der Waals surface area contributed by atoms with Crippen LogP contribution in [0.25, 0.3) is 11.3 Å². The van der Waals surface area contributed by atoms with E-state index < -0.39 is 11.9 Å². The van der Waals surface area contributed by atoms with Crippen molar-refractivity contribution in [2.45, 2.75) is 12.8 Å². The molecule has 174 valence electrons. The molecule has 0 aliphatic rings. The minimum Gasteiger partial charge on any atom is -0.478 e. The predicted octanol–water partition coefficient (Wildman–Crippen LogP) is 3.34. The lowest BCUT2D eigenvalue weighted by Crippen LogP contribution is -2.20. The molecule has 33 heavy (non-hydrogen) atoms. The summed E-state index contributed by atoms with van der Waals surface area (Å²) in [5.41, 5.74) is 3.08. The predicted molar refractivity (Wildman–Crippen MR) is 126 cm³/mol. The first-order valence-electron chi connectivity index (χ1n) is 10.1. The lowest BCUT2D eigenvalue weighted by atomic mass is 10.1.